The number of hydrogen-bond donors (Lipinski definition) is 2. The molecule has 0 unspecified atom stereocenters. The number of rotatable bonds is 3. The van der Waals surface area contributed by atoms with Crippen LogP contribution in [0, 0.1) is 2.88 Å². The molecule has 17 heavy (non-hydrogen) atoms. The predicted molar refractivity (Wildman–Crippen MR) is 76.3 cm³/mol. The van der Waals surface area contributed by atoms with Crippen LogP contribution >= 0.6 is 45.3 Å². The standard InChI is InChI=1S/C10H6INO3S2/c11-7-3-5(4-17-7)8(13)12-9-6(10(14)15)1-2-16-9/h1-4H,(H,12,13)(H,14,15). The minimum atomic E-state index is -1.04. The second kappa shape index (κ2) is 5.15. The minimum Gasteiger partial charge on any atom is -0.478 e. The molecular formula is C10H6INO3S2. The van der Waals surface area contributed by atoms with Crippen molar-refractivity contribution < 1.29 is 14.7 Å². The first kappa shape index (κ1) is 12.5. The lowest BCUT2D eigenvalue weighted by Crippen LogP contribution is -2.12. The molecule has 7 heteroatoms. The Morgan fingerprint density at radius 1 is 1.35 bits per heavy atom. The number of amides is 1. The monoisotopic (exact) mass is 379 g/mol. The Bertz CT molecular complexity index is 576. The van der Waals surface area contributed by atoms with Crippen LogP contribution in [0.15, 0.2) is 22.9 Å². The molecule has 2 aromatic heterocycles. The molecule has 2 N–H and O–H groups in total. The highest BCUT2D eigenvalue weighted by Gasteiger charge is 2.15. The van der Waals surface area contributed by atoms with Crippen molar-refractivity contribution in [2.75, 3.05) is 5.32 Å². The summed E-state index contributed by atoms with van der Waals surface area (Å²) in [7, 11) is 0. The molecule has 0 aliphatic carbocycles. The molecule has 2 aromatic rings. The number of aromatic carboxylic acids is 1. The first-order valence-electron chi connectivity index (χ1n) is 4.44. The van der Waals surface area contributed by atoms with E-state index in [2.05, 4.69) is 27.9 Å². The van der Waals surface area contributed by atoms with Crippen LogP contribution in [0.4, 0.5) is 5.00 Å². The van der Waals surface area contributed by atoms with Gasteiger partial charge in [0.25, 0.3) is 5.91 Å². The smallest absolute Gasteiger partial charge is 0.338 e. The molecule has 0 aromatic carbocycles. The van der Waals surface area contributed by atoms with Crippen molar-refractivity contribution in [3.63, 3.8) is 0 Å². The van der Waals surface area contributed by atoms with Gasteiger partial charge >= 0.3 is 5.97 Å². The van der Waals surface area contributed by atoms with Crippen LogP contribution in [0.1, 0.15) is 20.7 Å². The Balaban J connectivity index is 2.18. The van der Waals surface area contributed by atoms with Crippen molar-refractivity contribution in [2.24, 2.45) is 0 Å². The van der Waals surface area contributed by atoms with E-state index in [1.165, 1.54) is 28.7 Å². The Morgan fingerprint density at radius 2 is 2.12 bits per heavy atom. The average Bonchev–Trinajstić information content (AvgIpc) is 2.86. The van der Waals surface area contributed by atoms with E-state index in [-0.39, 0.29) is 11.5 Å². The second-order valence-corrected chi connectivity index (χ2v) is 6.78. The first-order valence-corrected chi connectivity index (χ1v) is 7.28. The summed E-state index contributed by atoms with van der Waals surface area (Å²) in [5, 5.41) is 15.2. The highest BCUT2D eigenvalue weighted by atomic mass is 127. The molecule has 0 fully saturated rings. The summed E-state index contributed by atoms with van der Waals surface area (Å²) in [5.41, 5.74) is 0.664. The number of nitrogens with one attached hydrogen (secondary N) is 1. The topological polar surface area (TPSA) is 66.4 Å². The Hall–Kier alpha value is -0.930. The molecule has 2 rings (SSSR count). The lowest BCUT2D eigenvalue weighted by molar-refractivity contribution is 0.0698. The average molecular weight is 379 g/mol. The van der Waals surface area contributed by atoms with Gasteiger partial charge in [-0.3, -0.25) is 4.79 Å². The van der Waals surface area contributed by atoms with Crippen molar-refractivity contribution in [1.29, 1.82) is 0 Å². The van der Waals surface area contributed by atoms with E-state index >= 15 is 0 Å². The third-order valence-electron chi connectivity index (χ3n) is 1.95. The van der Waals surface area contributed by atoms with E-state index in [0.29, 0.717) is 10.6 Å². The number of carboxylic acid groups (broad SMARTS) is 1. The molecule has 0 atom stereocenters. The molecular weight excluding hydrogens is 373 g/mol. The fourth-order valence-electron chi connectivity index (χ4n) is 1.18. The maximum Gasteiger partial charge on any atom is 0.338 e. The highest BCUT2D eigenvalue weighted by molar-refractivity contribution is 14.1. The molecule has 1 amide bonds. The number of thiophene rings is 2. The van der Waals surface area contributed by atoms with Crippen LogP contribution in [-0.4, -0.2) is 17.0 Å². The van der Waals surface area contributed by atoms with E-state index in [1.54, 1.807) is 16.8 Å². The largest absolute Gasteiger partial charge is 0.478 e. The van der Waals surface area contributed by atoms with Gasteiger partial charge in [0.15, 0.2) is 0 Å². The molecule has 0 aliphatic rings. The van der Waals surface area contributed by atoms with Crippen molar-refractivity contribution >= 4 is 62.1 Å². The van der Waals surface area contributed by atoms with Gasteiger partial charge in [0.05, 0.1) is 14.0 Å². The van der Waals surface area contributed by atoms with Gasteiger partial charge in [0.2, 0.25) is 0 Å². The van der Waals surface area contributed by atoms with E-state index in [4.69, 9.17) is 5.11 Å². The van der Waals surface area contributed by atoms with E-state index in [1.807, 2.05) is 0 Å². The van der Waals surface area contributed by atoms with Crippen LogP contribution in [0.25, 0.3) is 0 Å². The van der Waals surface area contributed by atoms with Crippen LogP contribution < -0.4 is 5.32 Å². The number of carboxylic acids is 1. The van der Waals surface area contributed by atoms with E-state index < -0.39 is 5.97 Å². The summed E-state index contributed by atoms with van der Waals surface area (Å²) in [6.07, 6.45) is 0. The molecule has 0 radical (unpaired) electrons. The fourth-order valence-corrected chi connectivity index (χ4v) is 3.28. The highest BCUT2D eigenvalue weighted by Crippen LogP contribution is 2.24. The number of halogens is 1. The molecule has 2 heterocycles. The van der Waals surface area contributed by atoms with E-state index in [9.17, 15) is 9.59 Å². The summed E-state index contributed by atoms with van der Waals surface area (Å²) in [6.45, 7) is 0. The fraction of sp³-hybridized carbons (Fsp3) is 0. The first-order chi connectivity index (χ1) is 8.08. The third kappa shape index (κ3) is 2.85. The molecule has 4 nitrogen and oxygen atoms in total. The van der Waals surface area contributed by atoms with Gasteiger partial charge in [0, 0.05) is 5.38 Å². The zero-order valence-corrected chi connectivity index (χ0v) is 12.1. The molecule has 0 saturated heterocycles. The van der Waals surface area contributed by atoms with Crippen LogP contribution in [0.2, 0.25) is 0 Å². The van der Waals surface area contributed by atoms with Gasteiger partial charge < -0.3 is 10.4 Å². The number of hydrogen-bond acceptors (Lipinski definition) is 4. The summed E-state index contributed by atoms with van der Waals surface area (Å²) in [4.78, 5) is 22.7. The normalized spacial score (nSPS) is 10.2. The molecule has 88 valence electrons. The van der Waals surface area contributed by atoms with Gasteiger partial charge in [-0.2, -0.15) is 0 Å². The zero-order valence-electron chi connectivity index (χ0n) is 8.27. The Kier molecular flexibility index (Phi) is 3.79. The van der Waals surface area contributed by atoms with Crippen molar-refractivity contribution in [2.45, 2.75) is 0 Å². The van der Waals surface area contributed by atoms with Crippen LogP contribution in [0.3, 0.4) is 0 Å². The minimum absolute atomic E-state index is 0.119. The predicted octanol–water partition coefficient (Wildman–Crippen LogP) is 3.36. The van der Waals surface area contributed by atoms with Gasteiger partial charge in [-0.05, 0) is 40.1 Å². The summed E-state index contributed by atoms with van der Waals surface area (Å²) in [5.74, 6) is -1.32. The van der Waals surface area contributed by atoms with Crippen LogP contribution in [-0.2, 0) is 0 Å². The lowest BCUT2D eigenvalue weighted by atomic mass is 10.3. The van der Waals surface area contributed by atoms with E-state index in [0.717, 1.165) is 2.88 Å². The third-order valence-corrected chi connectivity index (χ3v) is 4.57. The van der Waals surface area contributed by atoms with Crippen LogP contribution in [0.5, 0.6) is 0 Å². The Labute approximate surface area is 118 Å². The van der Waals surface area contributed by atoms with Gasteiger partial charge in [-0.15, -0.1) is 22.7 Å². The quantitative estimate of drug-likeness (QED) is 0.804. The number of anilines is 1. The SMILES string of the molecule is O=C(Nc1sccc1C(=O)O)c1csc(I)c1. The number of carbonyl (C=O) groups excluding carboxylic acids is 1. The molecule has 0 aliphatic heterocycles. The van der Waals surface area contributed by atoms with Gasteiger partial charge in [0.1, 0.15) is 5.00 Å². The Morgan fingerprint density at radius 3 is 2.71 bits per heavy atom. The summed E-state index contributed by atoms with van der Waals surface area (Å²) >= 11 is 4.79. The lowest BCUT2D eigenvalue weighted by Gasteiger charge is -2.01. The maximum absolute atomic E-state index is 11.8. The summed E-state index contributed by atoms with van der Waals surface area (Å²) < 4.78 is 1.01. The maximum atomic E-state index is 11.8. The molecule has 0 saturated carbocycles. The second-order valence-electron chi connectivity index (χ2n) is 3.06. The van der Waals surface area contributed by atoms with Crippen molar-refractivity contribution in [1.82, 2.24) is 0 Å². The molecule has 0 spiro atoms. The summed E-state index contributed by atoms with van der Waals surface area (Å²) in [6, 6.07) is 3.23. The number of carbonyl (C=O) groups is 2. The van der Waals surface area contributed by atoms with Crippen molar-refractivity contribution in [3.05, 3.63) is 36.9 Å². The zero-order chi connectivity index (χ0) is 12.4. The van der Waals surface area contributed by atoms with Gasteiger partial charge in [-0.1, -0.05) is 0 Å². The van der Waals surface area contributed by atoms with Crippen molar-refractivity contribution in [3.8, 4) is 0 Å². The van der Waals surface area contributed by atoms with Gasteiger partial charge in [-0.25, -0.2) is 4.79 Å². The molecule has 0 bridgehead atoms.